The number of ether oxygens (including phenoxy) is 1. The van der Waals surface area contributed by atoms with Crippen molar-refractivity contribution >= 4 is 16.9 Å². The van der Waals surface area contributed by atoms with Gasteiger partial charge in [-0.05, 0) is 26.0 Å². The van der Waals surface area contributed by atoms with Gasteiger partial charge in [-0.15, -0.1) is 0 Å². The van der Waals surface area contributed by atoms with E-state index >= 15 is 0 Å². The molecule has 0 spiro atoms. The first kappa shape index (κ1) is 10.7. The van der Waals surface area contributed by atoms with Crippen LogP contribution >= 0.6 is 0 Å². The predicted octanol–water partition coefficient (Wildman–Crippen LogP) is 2.23. The Morgan fingerprint density at radius 3 is 3.00 bits per heavy atom. The van der Waals surface area contributed by atoms with Crippen LogP contribution in [0.4, 0.5) is 0 Å². The van der Waals surface area contributed by atoms with Gasteiger partial charge < -0.3 is 9.30 Å². The lowest BCUT2D eigenvalue weighted by molar-refractivity contribution is 0.0514. The highest BCUT2D eigenvalue weighted by Gasteiger charge is 2.15. The van der Waals surface area contributed by atoms with Crippen molar-refractivity contribution in [1.29, 1.82) is 0 Å². The highest BCUT2D eigenvalue weighted by molar-refractivity contribution is 5.95. The normalized spacial score (nSPS) is 10.6. The SMILES string of the molecule is CCOC(=O)c1cc2ccncc2n1CC. The molecule has 0 saturated carbocycles. The van der Waals surface area contributed by atoms with E-state index in [2.05, 4.69) is 4.98 Å². The van der Waals surface area contributed by atoms with Crippen LogP contribution in [0.2, 0.25) is 0 Å². The average molecular weight is 218 g/mol. The number of hydrogen-bond donors (Lipinski definition) is 0. The van der Waals surface area contributed by atoms with E-state index in [1.165, 1.54) is 0 Å². The summed E-state index contributed by atoms with van der Waals surface area (Å²) in [7, 11) is 0. The molecule has 0 aliphatic carbocycles. The van der Waals surface area contributed by atoms with Crippen molar-refractivity contribution in [3.05, 3.63) is 30.2 Å². The molecule has 0 atom stereocenters. The fourth-order valence-corrected chi connectivity index (χ4v) is 1.81. The first-order valence-electron chi connectivity index (χ1n) is 5.38. The minimum atomic E-state index is -0.277. The Hall–Kier alpha value is -1.84. The van der Waals surface area contributed by atoms with E-state index in [-0.39, 0.29) is 5.97 Å². The fraction of sp³-hybridized carbons (Fsp3) is 0.333. The largest absolute Gasteiger partial charge is 0.461 e. The molecule has 2 aromatic heterocycles. The Morgan fingerprint density at radius 2 is 2.31 bits per heavy atom. The van der Waals surface area contributed by atoms with Crippen LogP contribution in [0.15, 0.2) is 24.5 Å². The summed E-state index contributed by atoms with van der Waals surface area (Å²) >= 11 is 0. The van der Waals surface area contributed by atoms with Gasteiger partial charge >= 0.3 is 5.97 Å². The zero-order valence-corrected chi connectivity index (χ0v) is 9.43. The molecule has 0 amide bonds. The Labute approximate surface area is 93.9 Å². The number of pyridine rings is 1. The maximum atomic E-state index is 11.7. The number of carbonyl (C=O) groups excluding carboxylic acids is 1. The van der Waals surface area contributed by atoms with Crippen molar-refractivity contribution in [2.24, 2.45) is 0 Å². The molecule has 0 aliphatic heterocycles. The molecule has 4 heteroatoms. The van der Waals surface area contributed by atoms with E-state index in [0.717, 1.165) is 17.4 Å². The van der Waals surface area contributed by atoms with Crippen LogP contribution in [0.25, 0.3) is 10.9 Å². The van der Waals surface area contributed by atoms with E-state index in [4.69, 9.17) is 4.74 Å². The lowest BCUT2D eigenvalue weighted by atomic mass is 10.3. The van der Waals surface area contributed by atoms with Gasteiger partial charge in [0.2, 0.25) is 0 Å². The van der Waals surface area contributed by atoms with Gasteiger partial charge in [-0.25, -0.2) is 4.79 Å². The van der Waals surface area contributed by atoms with Gasteiger partial charge in [-0.3, -0.25) is 4.98 Å². The third-order valence-corrected chi connectivity index (χ3v) is 2.51. The Bertz CT molecular complexity index is 517. The second kappa shape index (κ2) is 4.35. The molecule has 0 saturated heterocycles. The summed E-state index contributed by atoms with van der Waals surface area (Å²) in [5, 5.41) is 1.01. The quantitative estimate of drug-likeness (QED) is 0.742. The Balaban J connectivity index is 2.56. The van der Waals surface area contributed by atoms with E-state index in [1.54, 1.807) is 19.3 Å². The predicted molar refractivity (Wildman–Crippen MR) is 61.4 cm³/mol. The van der Waals surface area contributed by atoms with Crippen LogP contribution in [0.5, 0.6) is 0 Å². The molecule has 16 heavy (non-hydrogen) atoms. The molecule has 2 heterocycles. The molecular formula is C12H14N2O2. The number of carbonyl (C=O) groups is 1. The zero-order valence-electron chi connectivity index (χ0n) is 9.43. The number of aryl methyl sites for hydroxylation is 1. The zero-order chi connectivity index (χ0) is 11.5. The Kier molecular flexibility index (Phi) is 2.90. The van der Waals surface area contributed by atoms with Gasteiger partial charge in [0, 0.05) is 18.1 Å². The summed E-state index contributed by atoms with van der Waals surface area (Å²) < 4.78 is 6.94. The average Bonchev–Trinajstić information content (AvgIpc) is 2.67. The first-order valence-corrected chi connectivity index (χ1v) is 5.38. The maximum Gasteiger partial charge on any atom is 0.354 e. The van der Waals surface area contributed by atoms with Crippen molar-refractivity contribution in [3.63, 3.8) is 0 Å². The summed E-state index contributed by atoms with van der Waals surface area (Å²) in [5.74, 6) is -0.277. The molecule has 2 aromatic rings. The summed E-state index contributed by atoms with van der Waals surface area (Å²) in [6, 6.07) is 3.74. The highest BCUT2D eigenvalue weighted by atomic mass is 16.5. The van der Waals surface area contributed by atoms with Crippen molar-refractivity contribution < 1.29 is 9.53 Å². The fourth-order valence-electron chi connectivity index (χ4n) is 1.81. The third kappa shape index (κ3) is 1.66. The molecule has 0 N–H and O–H groups in total. The van der Waals surface area contributed by atoms with Crippen LogP contribution < -0.4 is 0 Å². The van der Waals surface area contributed by atoms with Crippen LogP contribution in [-0.4, -0.2) is 22.1 Å². The van der Waals surface area contributed by atoms with Crippen LogP contribution in [0, 0.1) is 0 Å². The third-order valence-electron chi connectivity index (χ3n) is 2.51. The van der Waals surface area contributed by atoms with Gasteiger partial charge in [0.25, 0.3) is 0 Å². The minimum absolute atomic E-state index is 0.277. The highest BCUT2D eigenvalue weighted by Crippen LogP contribution is 2.19. The van der Waals surface area contributed by atoms with Crippen LogP contribution in [0.3, 0.4) is 0 Å². The summed E-state index contributed by atoms with van der Waals surface area (Å²) in [6.45, 7) is 4.92. The van der Waals surface area contributed by atoms with E-state index < -0.39 is 0 Å². The molecule has 0 fully saturated rings. The van der Waals surface area contributed by atoms with Crippen molar-refractivity contribution in [2.75, 3.05) is 6.61 Å². The molecule has 4 nitrogen and oxygen atoms in total. The van der Waals surface area contributed by atoms with Gasteiger partial charge in [0.05, 0.1) is 18.3 Å². The van der Waals surface area contributed by atoms with Crippen LogP contribution in [0.1, 0.15) is 24.3 Å². The van der Waals surface area contributed by atoms with E-state index in [0.29, 0.717) is 12.3 Å². The van der Waals surface area contributed by atoms with Gasteiger partial charge in [-0.1, -0.05) is 0 Å². The standard InChI is InChI=1S/C12H14N2O2/c1-3-14-10(12(15)16-4-2)7-9-5-6-13-8-11(9)14/h5-8H,3-4H2,1-2H3. The monoisotopic (exact) mass is 218 g/mol. The molecule has 84 valence electrons. The number of rotatable bonds is 3. The number of hydrogen-bond acceptors (Lipinski definition) is 3. The summed E-state index contributed by atoms with van der Waals surface area (Å²) in [5.41, 5.74) is 1.56. The molecule has 0 bridgehead atoms. The Morgan fingerprint density at radius 1 is 1.50 bits per heavy atom. The van der Waals surface area contributed by atoms with Gasteiger partial charge in [0.1, 0.15) is 5.69 Å². The number of aromatic nitrogens is 2. The van der Waals surface area contributed by atoms with Crippen LogP contribution in [-0.2, 0) is 11.3 Å². The van der Waals surface area contributed by atoms with Crippen molar-refractivity contribution in [2.45, 2.75) is 20.4 Å². The lowest BCUT2D eigenvalue weighted by Crippen LogP contribution is -2.11. The van der Waals surface area contributed by atoms with E-state index in [1.807, 2.05) is 23.6 Å². The maximum absolute atomic E-state index is 11.7. The molecule has 0 unspecified atom stereocenters. The second-order valence-electron chi connectivity index (χ2n) is 3.43. The number of nitrogens with zero attached hydrogens (tertiary/aromatic N) is 2. The summed E-state index contributed by atoms with van der Waals surface area (Å²) in [4.78, 5) is 15.8. The molecule has 0 aliphatic rings. The lowest BCUT2D eigenvalue weighted by Gasteiger charge is -2.06. The molecule has 2 rings (SSSR count). The summed E-state index contributed by atoms with van der Waals surface area (Å²) in [6.07, 6.45) is 3.48. The number of fused-ring (bicyclic) bond motifs is 1. The van der Waals surface area contributed by atoms with Crippen molar-refractivity contribution in [3.8, 4) is 0 Å². The molecular weight excluding hydrogens is 204 g/mol. The van der Waals surface area contributed by atoms with Crippen molar-refractivity contribution in [1.82, 2.24) is 9.55 Å². The van der Waals surface area contributed by atoms with Gasteiger partial charge in [-0.2, -0.15) is 0 Å². The molecule has 0 radical (unpaired) electrons. The molecule has 0 aromatic carbocycles. The first-order chi connectivity index (χ1) is 7.77. The van der Waals surface area contributed by atoms with E-state index in [9.17, 15) is 4.79 Å². The number of esters is 1. The smallest absolute Gasteiger partial charge is 0.354 e. The second-order valence-corrected chi connectivity index (χ2v) is 3.43. The van der Waals surface area contributed by atoms with Gasteiger partial charge in [0.15, 0.2) is 0 Å². The minimum Gasteiger partial charge on any atom is -0.461 e. The topological polar surface area (TPSA) is 44.1 Å².